The van der Waals surface area contributed by atoms with E-state index in [1.165, 1.54) is 0 Å². The molecular weight excluding hydrogens is 318 g/mol. The number of anilines is 3. The van der Waals surface area contributed by atoms with Crippen LogP contribution in [0.1, 0.15) is 11.1 Å². The van der Waals surface area contributed by atoms with Crippen LogP contribution in [0, 0.1) is 13.8 Å². The molecule has 0 atom stereocenters. The standard InChI is InChI=1S/C15H14BrN3O/c1-8-6-10(16)7-9(2)13(8)18-15-19-14-11(17)4-3-5-12(14)20-15/h3-7H,17H2,1-2H3,(H,18,19). The predicted molar refractivity (Wildman–Crippen MR) is 85.3 cm³/mol. The number of oxazole rings is 1. The van der Waals surface area contributed by atoms with E-state index in [1.807, 2.05) is 44.2 Å². The zero-order valence-corrected chi connectivity index (χ0v) is 12.8. The molecule has 0 radical (unpaired) electrons. The first-order valence-electron chi connectivity index (χ1n) is 6.23. The highest BCUT2D eigenvalue weighted by Gasteiger charge is 2.11. The summed E-state index contributed by atoms with van der Waals surface area (Å²) in [6.45, 7) is 4.08. The zero-order chi connectivity index (χ0) is 14.3. The maximum atomic E-state index is 5.89. The number of halogens is 1. The van der Waals surface area contributed by atoms with E-state index in [0.717, 1.165) is 21.3 Å². The predicted octanol–water partition coefficient (Wildman–Crippen LogP) is 4.53. The van der Waals surface area contributed by atoms with Gasteiger partial charge in [-0.1, -0.05) is 22.0 Å². The third-order valence-electron chi connectivity index (χ3n) is 3.18. The van der Waals surface area contributed by atoms with Crippen LogP contribution in [-0.4, -0.2) is 4.98 Å². The topological polar surface area (TPSA) is 64.1 Å². The number of fused-ring (bicyclic) bond motifs is 1. The van der Waals surface area contributed by atoms with Crippen LogP contribution >= 0.6 is 15.9 Å². The van der Waals surface area contributed by atoms with Crippen molar-refractivity contribution in [2.75, 3.05) is 11.1 Å². The number of hydrogen-bond acceptors (Lipinski definition) is 4. The summed E-state index contributed by atoms with van der Waals surface area (Å²) in [6, 6.07) is 10.1. The Kier molecular flexibility index (Phi) is 3.14. The number of para-hydroxylation sites is 1. The molecule has 0 saturated heterocycles. The van der Waals surface area contributed by atoms with Gasteiger partial charge in [-0.25, -0.2) is 0 Å². The monoisotopic (exact) mass is 331 g/mol. The summed E-state index contributed by atoms with van der Waals surface area (Å²) in [6.07, 6.45) is 0. The molecule has 2 aromatic carbocycles. The van der Waals surface area contributed by atoms with Crippen molar-refractivity contribution in [2.45, 2.75) is 13.8 Å². The van der Waals surface area contributed by atoms with Crippen molar-refractivity contribution in [1.82, 2.24) is 4.98 Å². The summed E-state index contributed by atoms with van der Waals surface area (Å²) in [7, 11) is 0. The Morgan fingerprint density at radius 2 is 1.90 bits per heavy atom. The molecule has 0 aliphatic heterocycles. The van der Waals surface area contributed by atoms with Gasteiger partial charge in [-0.15, -0.1) is 0 Å². The van der Waals surface area contributed by atoms with Crippen molar-refractivity contribution in [3.8, 4) is 0 Å². The Morgan fingerprint density at radius 3 is 2.55 bits per heavy atom. The van der Waals surface area contributed by atoms with Gasteiger partial charge in [0.05, 0.1) is 5.69 Å². The van der Waals surface area contributed by atoms with Crippen LogP contribution in [0.15, 0.2) is 39.2 Å². The highest BCUT2D eigenvalue weighted by atomic mass is 79.9. The number of aryl methyl sites for hydroxylation is 2. The normalized spacial score (nSPS) is 10.9. The smallest absolute Gasteiger partial charge is 0.300 e. The van der Waals surface area contributed by atoms with Crippen molar-refractivity contribution in [3.05, 3.63) is 45.9 Å². The molecule has 3 rings (SSSR count). The molecule has 0 aliphatic rings. The van der Waals surface area contributed by atoms with E-state index in [-0.39, 0.29) is 0 Å². The van der Waals surface area contributed by atoms with Crippen molar-refractivity contribution < 1.29 is 4.42 Å². The number of nitrogens with one attached hydrogen (secondary N) is 1. The maximum Gasteiger partial charge on any atom is 0.300 e. The summed E-state index contributed by atoms with van der Waals surface area (Å²) in [5.41, 5.74) is 11.1. The van der Waals surface area contributed by atoms with E-state index in [9.17, 15) is 0 Å². The summed E-state index contributed by atoms with van der Waals surface area (Å²) in [4.78, 5) is 4.40. The SMILES string of the molecule is Cc1cc(Br)cc(C)c1Nc1nc2c(N)cccc2o1. The van der Waals surface area contributed by atoms with Crippen LogP contribution in [0.3, 0.4) is 0 Å². The summed E-state index contributed by atoms with van der Waals surface area (Å²) in [5, 5.41) is 3.23. The van der Waals surface area contributed by atoms with E-state index < -0.39 is 0 Å². The molecule has 0 aliphatic carbocycles. The molecule has 4 nitrogen and oxygen atoms in total. The first-order valence-corrected chi connectivity index (χ1v) is 7.02. The Balaban J connectivity index is 2.04. The van der Waals surface area contributed by atoms with Crippen molar-refractivity contribution >= 4 is 44.4 Å². The molecule has 5 heteroatoms. The van der Waals surface area contributed by atoms with Crippen molar-refractivity contribution in [3.63, 3.8) is 0 Å². The van der Waals surface area contributed by atoms with E-state index in [2.05, 4.69) is 26.2 Å². The quantitative estimate of drug-likeness (QED) is 0.677. The second-order valence-electron chi connectivity index (χ2n) is 4.75. The minimum atomic E-state index is 0.450. The van der Waals surface area contributed by atoms with Crippen molar-refractivity contribution in [1.29, 1.82) is 0 Å². The van der Waals surface area contributed by atoms with E-state index in [4.69, 9.17) is 10.2 Å². The molecule has 3 aromatic rings. The molecule has 0 fully saturated rings. The Hall–Kier alpha value is -2.01. The number of nitrogens with two attached hydrogens (primary N) is 1. The number of hydrogen-bond donors (Lipinski definition) is 2. The maximum absolute atomic E-state index is 5.89. The van der Waals surface area contributed by atoms with Gasteiger partial charge < -0.3 is 15.5 Å². The minimum Gasteiger partial charge on any atom is -0.423 e. The van der Waals surface area contributed by atoms with E-state index in [1.54, 1.807) is 0 Å². The van der Waals surface area contributed by atoms with E-state index >= 15 is 0 Å². The molecule has 20 heavy (non-hydrogen) atoms. The lowest BCUT2D eigenvalue weighted by atomic mass is 10.1. The molecule has 102 valence electrons. The Labute approximate surface area is 125 Å². The fourth-order valence-electron chi connectivity index (χ4n) is 2.24. The van der Waals surface area contributed by atoms with Crippen LogP contribution < -0.4 is 11.1 Å². The average molecular weight is 332 g/mol. The van der Waals surface area contributed by atoms with Gasteiger partial charge in [0.1, 0.15) is 5.52 Å². The fourth-order valence-corrected chi connectivity index (χ4v) is 2.92. The van der Waals surface area contributed by atoms with Gasteiger partial charge in [-0.3, -0.25) is 0 Å². The van der Waals surface area contributed by atoms with Crippen molar-refractivity contribution in [2.24, 2.45) is 0 Å². The Bertz CT molecular complexity index is 772. The molecule has 0 amide bonds. The molecule has 0 unspecified atom stereocenters. The van der Waals surface area contributed by atoms with Crippen LogP contribution in [-0.2, 0) is 0 Å². The van der Waals surface area contributed by atoms with Gasteiger partial charge in [0.15, 0.2) is 5.58 Å². The van der Waals surface area contributed by atoms with Gasteiger partial charge in [0, 0.05) is 10.2 Å². The van der Waals surface area contributed by atoms with Gasteiger partial charge in [-0.2, -0.15) is 4.98 Å². The summed E-state index contributed by atoms with van der Waals surface area (Å²) >= 11 is 3.49. The molecule has 1 heterocycles. The number of nitrogens with zero attached hydrogens (tertiary/aromatic N) is 1. The lowest BCUT2D eigenvalue weighted by molar-refractivity contribution is 0.623. The average Bonchev–Trinajstić information content (AvgIpc) is 2.78. The van der Waals surface area contributed by atoms with Crippen LogP contribution in [0.4, 0.5) is 17.4 Å². The van der Waals surface area contributed by atoms with Crippen LogP contribution in [0.2, 0.25) is 0 Å². The van der Waals surface area contributed by atoms with Gasteiger partial charge in [-0.05, 0) is 49.2 Å². The number of nitrogen functional groups attached to an aromatic ring is 1. The second kappa shape index (κ2) is 4.83. The summed E-state index contributed by atoms with van der Waals surface area (Å²) < 4.78 is 6.73. The van der Waals surface area contributed by atoms with Crippen LogP contribution in [0.25, 0.3) is 11.1 Å². The van der Waals surface area contributed by atoms with Crippen LogP contribution in [0.5, 0.6) is 0 Å². The highest BCUT2D eigenvalue weighted by molar-refractivity contribution is 9.10. The molecular formula is C15H14BrN3O. The molecule has 3 N–H and O–H groups in total. The number of aromatic nitrogens is 1. The van der Waals surface area contributed by atoms with Gasteiger partial charge in [0.25, 0.3) is 6.01 Å². The molecule has 0 spiro atoms. The third-order valence-corrected chi connectivity index (χ3v) is 3.64. The third kappa shape index (κ3) is 2.25. The first kappa shape index (κ1) is 13.0. The van der Waals surface area contributed by atoms with Gasteiger partial charge >= 0.3 is 0 Å². The largest absolute Gasteiger partial charge is 0.423 e. The number of rotatable bonds is 2. The molecule has 0 bridgehead atoms. The lowest BCUT2D eigenvalue weighted by Gasteiger charge is -2.10. The van der Waals surface area contributed by atoms with E-state index in [0.29, 0.717) is 22.8 Å². The molecule has 0 saturated carbocycles. The minimum absolute atomic E-state index is 0.450. The zero-order valence-electron chi connectivity index (χ0n) is 11.2. The first-order chi connectivity index (χ1) is 9.54. The van der Waals surface area contributed by atoms with Gasteiger partial charge in [0.2, 0.25) is 0 Å². The lowest BCUT2D eigenvalue weighted by Crippen LogP contribution is -1.96. The second-order valence-corrected chi connectivity index (χ2v) is 5.67. The Morgan fingerprint density at radius 1 is 1.20 bits per heavy atom. The number of benzene rings is 2. The highest BCUT2D eigenvalue weighted by Crippen LogP contribution is 2.30. The molecule has 1 aromatic heterocycles. The summed E-state index contributed by atoms with van der Waals surface area (Å²) in [5.74, 6) is 0. The fraction of sp³-hybridized carbons (Fsp3) is 0.133.